The number of halogens is 1. The van der Waals surface area contributed by atoms with E-state index >= 15 is 0 Å². The first-order valence-electron chi connectivity index (χ1n) is 8.68. The fourth-order valence-corrected chi connectivity index (χ4v) is 2.69. The average Bonchev–Trinajstić information content (AvgIpc) is 2.59. The third-order valence-corrected chi connectivity index (χ3v) is 4.28. The molecule has 3 aromatic rings. The summed E-state index contributed by atoms with van der Waals surface area (Å²) in [5.74, 6) is 1.09. The summed E-state index contributed by atoms with van der Waals surface area (Å²) in [5.41, 5.74) is 4.97. The van der Waals surface area contributed by atoms with E-state index in [0.717, 1.165) is 17.2 Å². The SMILES string of the molecule is Cc1cc(NCCc2ccccc2F)nc(Nc2ccc(C)c(C)c2)n1. The predicted molar refractivity (Wildman–Crippen MR) is 105 cm³/mol. The first-order valence-corrected chi connectivity index (χ1v) is 8.68. The van der Waals surface area contributed by atoms with Crippen molar-refractivity contribution in [1.29, 1.82) is 0 Å². The second-order valence-corrected chi connectivity index (χ2v) is 6.41. The van der Waals surface area contributed by atoms with Crippen LogP contribution in [-0.2, 0) is 6.42 Å². The summed E-state index contributed by atoms with van der Waals surface area (Å²) in [6.45, 7) is 6.68. The number of rotatable bonds is 6. The van der Waals surface area contributed by atoms with Crippen LogP contribution in [0.4, 0.5) is 21.8 Å². The van der Waals surface area contributed by atoms with E-state index in [-0.39, 0.29) is 5.82 Å². The molecule has 0 saturated heterocycles. The van der Waals surface area contributed by atoms with Crippen LogP contribution >= 0.6 is 0 Å². The van der Waals surface area contributed by atoms with Crippen LogP contribution in [0.3, 0.4) is 0 Å². The highest BCUT2D eigenvalue weighted by Crippen LogP contribution is 2.19. The van der Waals surface area contributed by atoms with Gasteiger partial charge in [0.15, 0.2) is 0 Å². The van der Waals surface area contributed by atoms with Crippen LogP contribution in [0.15, 0.2) is 48.5 Å². The Morgan fingerprint density at radius 3 is 2.50 bits per heavy atom. The van der Waals surface area contributed by atoms with Crippen molar-refractivity contribution in [3.05, 3.63) is 76.7 Å². The largest absolute Gasteiger partial charge is 0.370 e. The number of anilines is 3. The van der Waals surface area contributed by atoms with Crippen molar-refractivity contribution < 1.29 is 4.39 Å². The van der Waals surface area contributed by atoms with Crippen molar-refractivity contribution in [2.24, 2.45) is 0 Å². The van der Waals surface area contributed by atoms with Crippen molar-refractivity contribution in [1.82, 2.24) is 9.97 Å². The maximum atomic E-state index is 13.7. The quantitative estimate of drug-likeness (QED) is 0.661. The topological polar surface area (TPSA) is 49.8 Å². The number of aryl methyl sites for hydroxylation is 3. The van der Waals surface area contributed by atoms with Crippen LogP contribution in [-0.4, -0.2) is 16.5 Å². The highest BCUT2D eigenvalue weighted by molar-refractivity contribution is 5.57. The molecule has 0 aliphatic heterocycles. The molecule has 0 saturated carbocycles. The Balaban J connectivity index is 1.67. The van der Waals surface area contributed by atoms with E-state index in [4.69, 9.17) is 0 Å². The van der Waals surface area contributed by atoms with Crippen LogP contribution in [0, 0.1) is 26.6 Å². The summed E-state index contributed by atoms with van der Waals surface area (Å²) < 4.78 is 13.7. The molecule has 0 atom stereocenters. The number of hydrogen-bond acceptors (Lipinski definition) is 4. The lowest BCUT2D eigenvalue weighted by Crippen LogP contribution is -2.09. The van der Waals surface area contributed by atoms with E-state index < -0.39 is 0 Å². The van der Waals surface area contributed by atoms with Gasteiger partial charge < -0.3 is 10.6 Å². The van der Waals surface area contributed by atoms with E-state index in [9.17, 15) is 4.39 Å². The molecule has 0 aliphatic carbocycles. The molecule has 0 spiro atoms. The summed E-state index contributed by atoms with van der Waals surface area (Å²) in [6.07, 6.45) is 0.593. The molecule has 26 heavy (non-hydrogen) atoms. The average molecular weight is 350 g/mol. The van der Waals surface area contributed by atoms with Gasteiger partial charge in [-0.3, -0.25) is 0 Å². The second-order valence-electron chi connectivity index (χ2n) is 6.41. The Hall–Kier alpha value is -2.95. The van der Waals surface area contributed by atoms with Crippen molar-refractivity contribution in [2.75, 3.05) is 17.2 Å². The number of benzene rings is 2. The molecule has 5 heteroatoms. The lowest BCUT2D eigenvalue weighted by molar-refractivity contribution is 0.610. The number of hydrogen-bond donors (Lipinski definition) is 2. The molecule has 2 N–H and O–H groups in total. The maximum Gasteiger partial charge on any atom is 0.229 e. The van der Waals surface area contributed by atoms with Gasteiger partial charge in [-0.15, -0.1) is 0 Å². The van der Waals surface area contributed by atoms with E-state index in [1.807, 2.05) is 25.1 Å². The van der Waals surface area contributed by atoms with Crippen LogP contribution in [0.1, 0.15) is 22.4 Å². The fourth-order valence-electron chi connectivity index (χ4n) is 2.69. The minimum absolute atomic E-state index is 0.176. The predicted octanol–water partition coefficient (Wildman–Crippen LogP) is 4.94. The number of nitrogens with one attached hydrogen (secondary N) is 2. The monoisotopic (exact) mass is 350 g/mol. The van der Waals surface area contributed by atoms with E-state index in [0.29, 0.717) is 24.5 Å². The number of aromatic nitrogens is 2. The summed E-state index contributed by atoms with van der Waals surface area (Å²) in [4.78, 5) is 8.95. The van der Waals surface area contributed by atoms with Crippen molar-refractivity contribution in [2.45, 2.75) is 27.2 Å². The zero-order chi connectivity index (χ0) is 18.5. The van der Waals surface area contributed by atoms with Gasteiger partial charge in [-0.25, -0.2) is 9.37 Å². The van der Waals surface area contributed by atoms with Crippen molar-refractivity contribution >= 4 is 17.5 Å². The van der Waals surface area contributed by atoms with Crippen molar-refractivity contribution in [3.8, 4) is 0 Å². The highest BCUT2D eigenvalue weighted by atomic mass is 19.1. The van der Waals surface area contributed by atoms with Gasteiger partial charge in [0.2, 0.25) is 5.95 Å². The summed E-state index contributed by atoms with van der Waals surface area (Å²) in [7, 11) is 0. The molecule has 134 valence electrons. The van der Waals surface area contributed by atoms with Gasteiger partial charge in [0.25, 0.3) is 0 Å². The van der Waals surface area contributed by atoms with Gasteiger partial charge in [0.1, 0.15) is 11.6 Å². The molecule has 0 unspecified atom stereocenters. The zero-order valence-corrected chi connectivity index (χ0v) is 15.3. The molecule has 0 amide bonds. The lowest BCUT2D eigenvalue weighted by Gasteiger charge is -2.11. The molecule has 1 aromatic heterocycles. The molecule has 0 bridgehead atoms. The van der Waals surface area contributed by atoms with Gasteiger partial charge >= 0.3 is 0 Å². The van der Waals surface area contributed by atoms with Gasteiger partial charge in [-0.2, -0.15) is 4.98 Å². The van der Waals surface area contributed by atoms with Crippen LogP contribution < -0.4 is 10.6 Å². The molecule has 0 radical (unpaired) electrons. The van der Waals surface area contributed by atoms with E-state index in [1.165, 1.54) is 17.2 Å². The maximum absolute atomic E-state index is 13.7. The summed E-state index contributed by atoms with van der Waals surface area (Å²) in [6, 6.07) is 14.9. The normalized spacial score (nSPS) is 10.6. The molecule has 0 fully saturated rings. The van der Waals surface area contributed by atoms with Gasteiger partial charge in [0.05, 0.1) is 0 Å². The Kier molecular flexibility index (Phi) is 5.46. The first-order chi connectivity index (χ1) is 12.5. The molecular formula is C21H23FN4. The van der Waals surface area contributed by atoms with Crippen LogP contribution in [0.5, 0.6) is 0 Å². The van der Waals surface area contributed by atoms with Crippen LogP contribution in [0.2, 0.25) is 0 Å². The molecular weight excluding hydrogens is 327 g/mol. The Morgan fingerprint density at radius 1 is 0.923 bits per heavy atom. The van der Waals surface area contributed by atoms with Crippen molar-refractivity contribution in [3.63, 3.8) is 0 Å². The van der Waals surface area contributed by atoms with Gasteiger partial charge in [0, 0.05) is 24.0 Å². The Morgan fingerprint density at radius 2 is 1.73 bits per heavy atom. The smallest absolute Gasteiger partial charge is 0.229 e. The zero-order valence-electron chi connectivity index (χ0n) is 15.3. The number of nitrogens with zero attached hydrogens (tertiary/aromatic N) is 2. The third-order valence-electron chi connectivity index (χ3n) is 4.28. The molecule has 2 aromatic carbocycles. The lowest BCUT2D eigenvalue weighted by atomic mass is 10.1. The van der Waals surface area contributed by atoms with Gasteiger partial charge in [-0.1, -0.05) is 24.3 Å². The Bertz CT molecular complexity index is 908. The highest BCUT2D eigenvalue weighted by Gasteiger charge is 2.05. The second kappa shape index (κ2) is 7.95. The Labute approximate surface area is 153 Å². The van der Waals surface area contributed by atoms with Crippen LogP contribution in [0.25, 0.3) is 0 Å². The molecule has 0 aliphatic rings. The minimum atomic E-state index is -0.176. The molecule has 3 rings (SSSR count). The standard InChI is InChI=1S/C21H23FN4/c1-14-8-9-18(12-15(14)2)25-21-24-16(3)13-20(26-21)23-11-10-17-6-4-5-7-19(17)22/h4-9,12-13H,10-11H2,1-3H3,(H2,23,24,25,26). The summed E-state index contributed by atoms with van der Waals surface area (Å²) in [5, 5.41) is 6.50. The summed E-state index contributed by atoms with van der Waals surface area (Å²) >= 11 is 0. The van der Waals surface area contributed by atoms with E-state index in [1.54, 1.807) is 12.1 Å². The van der Waals surface area contributed by atoms with Gasteiger partial charge in [-0.05, 0) is 62.1 Å². The molecule has 1 heterocycles. The minimum Gasteiger partial charge on any atom is -0.370 e. The fraction of sp³-hybridized carbons (Fsp3) is 0.238. The molecule has 4 nitrogen and oxygen atoms in total. The van der Waals surface area contributed by atoms with E-state index in [2.05, 4.69) is 46.6 Å². The third kappa shape index (κ3) is 4.57. The first kappa shape index (κ1) is 17.9.